The number of pyridine rings is 1. The predicted molar refractivity (Wildman–Crippen MR) is 70.9 cm³/mol. The fourth-order valence-electron chi connectivity index (χ4n) is 2.03. The molecule has 0 aliphatic heterocycles. The number of nitrogens with zero attached hydrogens (tertiary/aromatic N) is 1. The molecule has 0 amide bonds. The highest BCUT2D eigenvalue weighted by molar-refractivity contribution is 5.28. The van der Waals surface area contributed by atoms with Crippen LogP contribution >= 0.6 is 0 Å². The largest absolute Gasteiger partial charge is 0.330 e. The third-order valence-electron chi connectivity index (χ3n) is 3.12. The summed E-state index contributed by atoms with van der Waals surface area (Å²) in [6.07, 6.45) is 2.79. The second kappa shape index (κ2) is 5.60. The zero-order valence-corrected chi connectivity index (χ0v) is 10.1. The Morgan fingerprint density at radius 1 is 1.12 bits per heavy atom. The van der Waals surface area contributed by atoms with Crippen molar-refractivity contribution in [2.45, 2.75) is 19.3 Å². The Morgan fingerprint density at radius 3 is 2.53 bits per heavy atom. The molecule has 0 aliphatic carbocycles. The van der Waals surface area contributed by atoms with Gasteiger partial charge in [-0.15, -0.1) is 0 Å². The van der Waals surface area contributed by atoms with Gasteiger partial charge in [0.25, 0.3) is 0 Å². The van der Waals surface area contributed by atoms with Crippen LogP contribution in [-0.4, -0.2) is 11.5 Å². The van der Waals surface area contributed by atoms with E-state index < -0.39 is 0 Å². The molecule has 1 aromatic heterocycles. The number of aryl methyl sites for hydroxylation is 1. The molecule has 0 bridgehead atoms. The maximum atomic E-state index is 5.86. The maximum Gasteiger partial charge on any atom is 0.0450 e. The summed E-state index contributed by atoms with van der Waals surface area (Å²) in [4.78, 5) is 4.40. The van der Waals surface area contributed by atoms with Crippen LogP contribution in [0.5, 0.6) is 0 Å². The maximum absolute atomic E-state index is 5.86. The van der Waals surface area contributed by atoms with Crippen molar-refractivity contribution in [3.05, 3.63) is 65.5 Å². The first-order chi connectivity index (χ1) is 8.31. The van der Waals surface area contributed by atoms with Gasteiger partial charge in [0.1, 0.15) is 0 Å². The molecule has 88 valence electrons. The van der Waals surface area contributed by atoms with E-state index in [1.807, 2.05) is 18.3 Å². The first kappa shape index (κ1) is 11.8. The van der Waals surface area contributed by atoms with Crippen LogP contribution in [-0.2, 0) is 6.42 Å². The Balaban J connectivity index is 2.19. The second-order valence-electron chi connectivity index (χ2n) is 4.32. The summed E-state index contributed by atoms with van der Waals surface area (Å²) < 4.78 is 0. The first-order valence-electron chi connectivity index (χ1n) is 5.96. The molecule has 2 heteroatoms. The van der Waals surface area contributed by atoms with Crippen LogP contribution in [0.4, 0.5) is 0 Å². The van der Waals surface area contributed by atoms with Crippen LogP contribution in [0, 0.1) is 6.92 Å². The Kier molecular flexibility index (Phi) is 3.89. The summed E-state index contributed by atoms with van der Waals surface area (Å²) in [5, 5.41) is 0. The van der Waals surface area contributed by atoms with Crippen molar-refractivity contribution >= 4 is 0 Å². The van der Waals surface area contributed by atoms with Crippen LogP contribution in [0.1, 0.15) is 22.7 Å². The molecule has 0 saturated heterocycles. The van der Waals surface area contributed by atoms with Crippen molar-refractivity contribution in [1.82, 2.24) is 4.98 Å². The lowest BCUT2D eigenvalue weighted by molar-refractivity contribution is 0.670. The zero-order chi connectivity index (χ0) is 12.1. The molecule has 0 fully saturated rings. The van der Waals surface area contributed by atoms with E-state index in [9.17, 15) is 0 Å². The molecule has 0 saturated carbocycles. The molecule has 2 nitrogen and oxygen atoms in total. The lowest BCUT2D eigenvalue weighted by Gasteiger charge is -2.15. The Bertz CT molecular complexity index is 465. The first-order valence-corrected chi connectivity index (χ1v) is 5.96. The van der Waals surface area contributed by atoms with Gasteiger partial charge in [0.05, 0.1) is 0 Å². The van der Waals surface area contributed by atoms with E-state index in [0.29, 0.717) is 12.5 Å². The Labute approximate surface area is 103 Å². The van der Waals surface area contributed by atoms with E-state index in [2.05, 4.69) is 42.2 Å². The third-order valence-corrected chi connectivity index (χ3v) is 3.12. The minimum atomic E-state index is 0.303. The fourth-order valence-corrected chi connectivity index (χ4v) is 2.03. The van der Waals surface area contributed by atoms with E-state index in [1.165, 1.54) is 11.1 Å². The molecule has 2 rings (SSSR count). The van der Waals surface area contributed by atoms with Gasteiger partial charge in [-0.2, -0.15) is 0 Å². The van der Waals surface area contributed by atoms with Gasteiger partial charge in [0.2, 0.25) is 0 Å². The average Bonchev–Trinajstić information content (AvgIpc) is 2.39. The van der Waals surface area contributed by atoms with Crippen molar-refractivity contribution in [1.29, 1.82) is 0 Å². The summed E-state index contributed by atoms with van der Waals surface area (Å²) in [7, 11) is 0. The molecule has 1 atom stereocenters. The second-order valence-corrected chi connectivity index (χ2v) is 4.32. The molecule has 0 spiro atoms. The smallest absolute Gasteiger partial charge is 0.0450 e. The highest BCUT2D eigenvalue weighted by atomic mass is 14.7. The molecular weight excluding hydrogens is 208 g/mol. The van der Waals surface area contributed by atoms with Gasteiger partial charge in [0.15, 0.2) is 0 Å². The standard InChI is InChI=1S/C15H18N2/c1-12-6-2-3-7-13(12)10-14(11-16)15-8-4-5-9-17-15/h2-9,14H,10-11,16H2,1H3. The SMILES string of the molecule is Cc1ccccc1CC(CN)c1ccccn1. The quantitative estimate of drug-likeness (QED) is 0.870. The Hall–Kier alpha value is -1.67. The molecule has 17 heavy (non-hydrogen) atoms. The van der Waals surface area contributed by atoms with Gasteiger partial charge in [0, 0.05) is 24.4 Å². The molecule has 2 N–H and O–H groups in total. The lowest BCUT2D eigenvalue weighted by Crippen LogP contribution is -2.16. The number of hydrogen-bond acceptors (Lipinski definition) is 2. The molecule has 1 unspecified atom stereocenters. The van der Waals surface area contributed by atoms with Crippen LogP contribution < -0.4 is 5.73 Å². The van der Waals surface area contributed by atoms with Gasteiger partial charge >= 0.3 is 0 Å². The van der Waals surface area contributed by atoms with Crippen LogP contribution in [0.2, 0.25) is 0 Å². The van der Waals surface area contributed by atoms with E-state index in [1.54, 1.807) is 0 Å². The Morgan fingerprint density at radius 2 is 1.88 bits per heavy atom. The van der Waals surface area contributed by atoms with E-state index in [4.69, 9.17) is 5.73 Å². The summed E-state index contributed by atoms with van der Waals surface area (Å²) in [6, 6.07) is 14.5. The van der Waals surface area contributed by atoms with Crippen molar-refractivity contribution in [2.24, 2.45) is 5.73 Å². The van der Waals surface area contributed by atoms with Crippen LogP contribution in [0.25, 0.3) is 0 Å². The molecule has 0 radical (unpaired) electrons. The summed E-state index contributed by atoms with van der Waals surface area (Å²) in [5.41, 5.74) is 9.62. The fraction of sp³-hybridized carbons (Fsp3) is 0.267. The number of aromatic nitrogens is 1. The molecule has 1 heterocycles. The van der Waals surface area contributed by atoms with E-state index in [0.717, 1.165) is 12.1 Å². The van der Waals surface area contributed by atoms with Gasteiger partial charge in [-0.05, 0) is 36.6 Å². The van der Waals surface area contributed by atoms with Crippen LogP contribution in [0.3, 0.4) is 0 Å². The topological polar surface area (TPSA) is 38.9 Å². The monoisotopic (exact) mass is 226 g/mol. The van der Waals surface area contributed by atoms with E-state index >= 15 is 0 Å². The van der Waals surface area contributed by atoms with Crippen molar-refractivity contribution in [3.8, 4) is 0 Å². The average molecular weight is 226 g/mol. The van der Waals surface area contributed by atoms with Crippen molar-refractivity contribution < 1.29 is 0 Å². The van der Waals surface area contributed by atoms with Gasteiger partial charge in [-0.3, -0.25) is 4.98 Å². The summed E-state index contributed by atoms with van der Waals surface area (Å²) in [6.45, 7) is 2.77. The van der Waals surface area contributed by atoms with Gasteiger partial charge in [-0.1, -0.05) is 30.3 Å². The number of benzene rings is 1. The third kappa shape index (κ3) is 2.92. The molecular formula is C15H18N2. The van der Waals surface area contributed by atoms with Gasteiger partial charge in [-0.25, -0.2) is 0 Å². The lowest BCUT2D eigenvalue weighted by atomic mass is 9.93. The highest BCUT2D eigenvalue weighted by Crippen LogP contribution is 2.19. The van der Waals surface area contributed by atoms with E-state index in [-0.39, 0.29) is 0 Å². The minimum Gasteiger partial charge on any atom is -0.330 e. The highest BCUT2D eigenvalue weighted by Gasteiger charge is 2.12. The molecule has 1 aromatic carbocycles. The van der Waals surface area contributed by atoms with Gasteiger partial charge < -0.3 is 5.73 Å². The van der Waals surface area contributed by atoms with Crippen LogP contribution in [0.15, 0.2) is 48.7 Å². The molecule has 0 aliphatic rings. The summed E-state index contributed by atoms with van der Waals surface area (Å²) in [5.74, 6) is 0.303. The zero-order valence-electron chi connectivity index (χ0n) is 10.1. The van der Waals surface area contributed by atoms with Crippen molar-refractivity contribution in [3.63, 3.8) is 0 Å². The number of nitrogens with two attached hydrogens (primary N) is 1. The predicted octanol–water partition coefficient (Wildman–Crippen LogP) is 2.68. The minimum absolute atomic E-state index is 0.303. The number of hydrogen-bond donors (Lipinski definition) is 1. The molecule has 2 aromatic rings. The normalized spacial score (nSPS) is 12.4. The number of rotatable bonds is 4. The van der Waals surface area contributed by atoms with Crippen molar-refractivity contribution in [2.75, 3.05) is 6.54 Å². The summed E-state index contributed by atoms with van der Waals surface area (Å²) >= 11 is 0.